The summed E-state index contributed by atoms with van der Waals surface area (Å²) in [5.74, 6) is 1.33. The van der Waals surface area contributed by atoms with Crippen molar-refractivity contribution in [1.82, 2.24) is 0 Å². The fraction of sp³-hybridized carbons (Fsp3) is 0.250. The minimum atomic E-state index is -1.52. The van der Waals surface area contributed by atoms with Gasteiger partial charge in [-0.25, -0.2) is 0 Å². The third-order valence-corrected chi connectivity index (χ3v) is 2.09. The maximum atomic E-state index is 12.1. The van der Waals surface area contributed by atoms with Crippen LogP contribution in [-0.2, 0) is 4.79 Å². The molecule has 0 spiro atoms. The fourth-order valence-corrected chi connectivity index (χ4v) is 1.36. The number of methoxy groups -OCH3 is 3. The SMILES string of the molecule is COc1cc(/C=C/C(=O)F)cc(OC)c1OC. The van der Waals surface area contributed by atoms with Gasteiger partial charge in [0.1, 0.15) is 0 Å². The van der Waals surface area contributed by atoms with E-state index < -0.39 is 6.04 Å². The minimum Gasteiger partial charge on any atom is -0.493 e. The highest BCUT2D eigenvalue weighted by Gasteiger charge is 2.11. The molecule has 17 heavy (non-hydrogen) atoms. The summed E-state index contributed by atoms with van der Waals surface area (Å²) in [6.45, 7) is 0. The lowest BCUT2D eigenvalue weighted by Crippen LogP contribution is -1.95. The average molecular weight is 240 g/mol. The monoisotopic (exact) mass is 240 g/mol. The molecule has 0 saturated carbocycles. The molecule has 0 aliphatic rings. The zero-order valence-electron chi connectivity index (χ0n) is 9.82. The van der Waals surface area contributed by atoms with Gasteiger partial charge in [0, 0.05) is 6.08 Å². The molecule has 1 rings (SSSR count). The van der Waals surface area contributed by atoms with E-state index in [1.807, 2.05) is 0 Å². The number of hydrogen-bond donors (Lipinski definition) is 0. The predicted molar refractivity (Wildman–Crippen MR) is 61.2 cm³/mol. The van der Waals surface area contributed by atoms with Crippen LogP contribution in [0.15, 0.2) is 18.2 Å². The van der Waals surface area contributed by atoms with Crippen molar-refractivity contribution >= 4 is 12.1 Å². The maximum Gasteiger partial charge on any atom is 0.324 e. The van der Waals surface area contributed by atoms with Crippen LogP contribution in [0.3, 0.4) is 0 Å². The Kier molecular flexibility index (Phi) is 4.51. The smallest absolute Gasteiger partial charge is 0.324 e. The van der Waals surface area contributed by atoms with Crippen molar-refractivity contribution in [3.05, 3.63) is 23.8 Å². The third-order valence-electron chi connectivity index (χ3n) is 2.09. The summed E-state index contributed by atoms with van der Waals surface area (Å²) in [5, 5.41) is 0. The van der Waals surface area contributed by atoms with E-state index in [0.29, 0.717) is 22.8 Å². The first-order valence-corrected chi connectivity index (χ1v) is 4.80. The quantitative estimate of drug-likeness (QED) is 0.584. The van der Waals surface area contributed by atoms with Crippen molar-refractivity contribution < 1.29 is 23.4 Å². The molecule has 0 saturated heterocycles. The van der Waals surface area contributed by atoms with Gasteiger partial charge < -0.3 is 14.2 Å². The van der Waals surface area contributed by atoms with Crippen molar-refractivity contribution in [2.45, 2.75) is 0 Å². The van der Waals surface area contributed by atoms with Crippen LogP contribution in [0.25, 0.3) is 6.08 Å². The molecule has 1 aromatic carbocycles. The van der Waals surface area contributed by atoms with Crippen LogP contribution >= 0.6 is 0 Å². The van der Waals surface area contributed by atoms with Gasteiger partial charge in [0.2, 0.25) is 5.75 Å². The first kappa shape index (κ1) is 13.0. The van der Waals surface area contributed by atoms with Crippen LogP contribution in [0.4, 0.5) is 4.39 Å². The molecule has 0 fully saturated rings. The Morgan fingerprint density at radius 1 is 1.12 bits per heavy atom. The van der Waals surface area contributed by atoms with Gasteiger partial charge in [-0.3, -0.25) is 4.79 Å². The van der Waals surface area contributed by atoms with Gasteiger partial charge in [0.25, 0.3) is 0 Å². The van der Waals surface area contributed by atoms with Gasteiger partial charge in [-0.2, -0.15) is 4.39 Å². The normalized spacial score (nSPS) is 10.4. The van der Waals surface area contributed by atoms with E-state index in [2.05, 4.69) is 0 Å². The summed E-state index contributed by atoms with van der Waals surface area (Å²) in [6.07, 6.45) is 2.15. The highest BCUT2D eigenvalue weighted by Crippen LogP contribution is 2.38. The highest BCUT2D eigenvalue weighted by molar-refractivity contribution is 5.86. The van der Waals surface area contributed by atoms with Crippen LogP contribution in [0.5, 0.6) is 17.2 Å². The largest absolute Gasteiger partial charge is 0.493 e. The fourth-order valence-electron chi connectivity index (χ4n) is 1.36. The van der Waals surface area contributed by atoms with Crippen molar-refractivity contribution in [2.24, 2.45) is 0 Å². The standard InChI is InChI=1S/C12H13FO4/c1-15-9-6-8(4-5-11(13)14)7-10(16-2)12(9)17-3/h4-7H,1-3H3/b5-4+. The molecule has 0 aliphatic heterocycles. The predicted octanol–water partition coefficient (Wildman–Crippen LogP) is 2.22. The molecule has 0 aromatic heterocycles. The van der Waals surface area contributed by atoms with E-state index in [0.717, 1.165) is 6.08 Å². The first-order valence-electron chi connectivity index (χ1n) is 4.80. The number of halogens is 1. The summed E-state index contributed by atoms with van der Waals surface area (Å²) < 4.78 is 27.4. The van der Waals surface area contributed by atoms with Gasteiger partial charge >= 0.3 is 6.04 Å². The second kappa shape index (κ2) is 5.89. The molecule has 5 heteroatoms. The zero-order chi connectivity index (χ0) is 12.8. The number of benzene rings is 1. The summed E-state index contributed by atoms with van der Waals surface area (Å²) in [6, 6.07) is 1.71. The maximum absolute atomic E-state index is 12.1. The molecule has 0 unspecified atom stereocenters. The number of carbonyl (C=O) groups is 1. The Morgan fingerprint density at radius 2 is 1.65 bits per heavy atom. The Morgan fingerprint density at radius 3 is 2.00 bits per heavy atom. The van der Waals surface area contributed by atoms with Crippen molar-refractivity contribution in [2.75, 3.05) is 21.3 Å². The average Bonchev–Trinajstić information content (AvgIpc) is 2.34. The lowest BCUT2D eigenvalue weighted by molar-refractivity contribution is -0.124. The summed E-state index contributed by atoms with van der Waals surface area (Å²) in [4.78, 5) is 10.2. The van der Waals surface area contributed by atoms with E-state index in [1.54, 1.807) is 12.1 Å². The van der Waals surface area contributed by atoms with Crippen LogP contribution in [0, 0.1) is 0 Å². The van der Waals surface area contributed by atoms with E-state index in [-0.39, 0.29) is 0 Å². The third kappa shape index (κ3) is 3.21. The molecule has 0 atom stereocenters. The number of ether oxygens (including phenoxy) is 3. The molecule has 0 aliphatic carbocycles. The van der Waals surface area contributed by atoms with Crippen molar-refractivity contribution in [1.29, 1.82) is 0 Å². The van der Waals surface area contributed by atoms with Crippen LogP contribution in [0.1, 0.15) is 5.56 Å². The highest BCUT2D eigenvalue weighted by atomic mass is 19.1. The summed E-state index contributed by atoms with van der Waals surface area (Å²) in [5.41, 5.74) is 0.575. The second-order valence-corrected chi connectivity index (χ2v) is 3.10. The summed E-state index contributed by atoms with van der Waals surface area (Å²) in [7, 11) is 4.44. The minimum absolute atomic E-state index is 0.442. The molecule has 1 aromatic rings. The van der Waals surface area contributed by atoms with Crippen molar-refractivity contribution in [3.8, 4) is 17.2 Å². The first-order chi connectivity index (χ1) is 8.12. The molecule has 0 heterocycles. The van der Waals surface area contributed by atoms with Crippen LogP contribution in [0.2, 0.25) is 0 Å². The van der Waals surface area contributed by atoms with E-state index in [1.165, 1.54) is 27.4 Å². The van der Waals surface area contributed by atoms with E-state index in [9.17, 15) is 9.18 Å². The number of hydrogen-bond acceptors (Lipinski definition) is 4. The second-order valence-electron chi connectivity index (χ2n) is 3.10. The lowest BCUT2D eigenvalue weighted by atomic mass is 10.1. The van der Waals surface area contributed by atoms with E-state index in [4.69, 9.17) is 14.2 Å². The Bertz CT molecular complexity index is 415. The number of carbonyl (C=O) groups excluding carboxylic acids is 1. The molecule has 0 amide bonds. The molecule has 0 N–H and O–H groups in total. The van der Waals surface area contributed by atoms with Gasteiger partial charge in [0.05, 0.1) is 21.3 Å². The molecular weight excluding hydrogens is 227 g/mol. The Hall–Kier alpha value is -2.04. The van der Waals surface area contributed by atoms with E-state index >= 15 is 0 Å². The Balaban J connectivity index is 3.22. The topological polar surface area (TPSA) is 44.8 Å². The van der Waals surface area contributed by atoms with Crippen LogP contribution in [-0.4, -0.2) is 27.4 Å². The van der Waals surface area contributed by atoms with Gasteiger partial charge in [-0.15, -0.1) is 0 Å². The lowest BCUT2D eigenvalue weighted by Gasteiger charge is -2.12. The molecule has 92 valence electrons. The van der Waals surface area contributed by atoms with Crippen molar-refractivity contribution in [3.63, 3.8) is 0 Å². The summed E-state index contributed by atoms with van der Waals surface area (Å²) >= 11 is 0. The Labute approximate surface area is 98.6 Å². The van der Waals surface area contributed by atoms with Gasteiger partial charge in [-0.05, 0) is 23.8 Å². The van der Waals surface area contributed by atoms with Crippen LogP contribution < -0.4 is 14.2 Å². The number of rotatable bonds is 5. The number of allylic oxidation sites excluding steroid dienone is 1. The molecule has 4 nitrogen and oxygen atoms in total. The van der Waals surface area contributed by atoms with Gasteiger partial charge in [-0.1, -0.05) is 0 Å². The van der Waals surface area contributed by atoms with Gasteiger partial charge in [0.15, 0.2) is 11.5 Å². The molecule has 0 radical (unpaired) electrons. The molecule has 0 bridgehead atoms. The zero-order valence-corrected chi connectivity index (χ0v) is 9.82. The molecular formula is C12H13FO4.